The third-order valence-electron chi connectivity index (χ3n) is 2.92. The van der Waals surface area contributed by atoms with Crippen LogP contribution < -0.4 is 16.6 Å². The molecule has 3 rings (SSSR count). The fourth-order valence-electron chi connectivity index (χ4n) is 1.97. The minimum Gasteiger partial charge on any atom is -0.355 e. The lowest BCUT2D eigenvalue weighted by molar-refractivity contribution is -0.384. The highest BCUT2D eigenvalue weighted by atomic mass is 32.1. The number of hydrazine groups is 1. The largest absolute Gasteiger partial charge is 0.355 e. The molecule has 1 heterocycles. The van der Waals surface area contributed by atoms with E-state index in [1.807, 2.05) is 18.2 Å². The summed E-state index contributed by atoms with van der Waals surface area (Å²) in [5.74, 6) is 5.33. The van der Waals surface area contributed by atoms with Gasteiger partial charge in [-0.05, 0) is 24.3 Å². The van der Waals surface area contributed by atoms with Gasteiger partial charge in [0.15, 0.2) is 0 Å². The lowest BCUT2D eigenvalue weighted by atomic mass is 10.2. The molecule has 0 bridgehead atoms. The van der Waals surface area contributed by atoms with E-state index >= 15 is 0 Å². The molecule has 0 aliphatic rings. The van der Waals surface area contributed by atoms with Crippen LogP contribution >= 0.6 is 11.3 Å². The zero-order valence-corrected chi connectivity index (χ0v) is 11.6. The number of non-ortho nitro benzene ring substituents is 1. The average molecular weight is 301 g/mol. The zero-order chi connectivity index (χ0) is 14.8. The molecule has 0 aliphatic carbocycles. The molecule has 21 heavy (non-hydrogen) atoms. The van der Waals surface area contributed by atoms with Gasteiger partial charge in [-0.15, -0.1) is 11.3 Å². The van der Waals surface area contributed by atoms with Crippen LogP contribution in [0.2, 0.25) is 0 Å². The van der Waals surface area contributed by atoms with E-state index in [2.05, 4.69) is 15.7 Å². The molecule has 1 aromatic heterocycles. The second kappa shape index (κ2) is 5.35. The highest BCUT2D eigenvalue weighted by Crippen LogP contribution is 2.28. The summed E-state index contributed by atoms with van der Waals surface area (Å²) in [5.41, 5.74) is 6.96. The summed E-state index contributed by atoms with van der Waals surface area (Å²) in [6.45, 7) is 0. The Bertz CT molecular complexity index is 817. The van der Waals surface area contributed by atoms with E-state index in [9.17, 15) is 10.1 Å². The van der Waals surface area contributed by atoms with Gasteiger partial charge in [0.1, 0.15) is 0 Å². The maximum atomic E-state index is 10.9. The van der Waals surface area contributed by atoms with Gasteiger partial charge in [-0.2, -0.15) is 0 Å². The van der Waals surface area contributed by atoms with Crippen LogP contribution in [0.5, 0.6) is 0 Å². The van der Waals surface area contributed by atoms with Crippen molar-refractivity contribution in [3.8, 4) is 0 Å². The van der Waals surface area contributed by atoms with Gasteiger partial charge in [0.2, 0.25) is 0 Å². The lowest BCUT2D eigenvalue weighted by Crippen LogP contribution is -2.07. The van der Waals surface area contributed by atoms with Crippen molar-refractivity contribution in [3.05, 3.63) is 52.0 Å². The summed E-state index contributed by atoms with van der Waals surface area (Å²) in [6, 6.07) is 10.2. The predicted octanol–water partition coefficient (Wildman–Crippen LogP) is 3.23. The number of nitro groups is 1. The van der Waals surface area contributed by atoms with E-state index in [1.165, 1.54) is 23.5 Å². The first-order valence-corrected chi connectivity index (χ1v) is 6.90. The van der Waals surface area contributed by atoms with Crippen LogP contribution in [0.4, 0.5) is 22.7 Å². The summed E-state index contributed by atoms with van der Waals surface area (Å²) in [5, 5.41) is 14.1. The van der Waals surface area contributed by atoms with Gasteiger partial charge in [-0.3, -0.25) is 16.0 Å². The second-order valence-corrected chi connectivity index (χ2v) is 5.22. The Hall–Kier alpha value is -2.71. The molecule has 0 saturated heterocycles. The summed E-state index contributed by atoms with van der Waals surface area (Å²) in [6.07, 6.45) is 0. The third-order valence-corrected chi connectivity index (χ3v) is 3.71. The fraction of sp³-hybridized carbons (Fsp3) is 0. The number of anilines is 3. The highest BCUT2D eigenvalue weighted by molar-refractivity contribution is 7.16. The van der Waals surface area contributed by atoms with Crippen LogP contribution in [0.15, 0.2) is 41.9 Å². The topological polar surface area (TPSA) is 106 Å². The summed E-state index contributed by atoms with van der Waals surface area (Å²) < 4.78 is 1.04. The molecule has 3 aromatic rings. The third kappa shape index (κ3) is 2.76. The molecular weight excluding hydrogens is 290 g/mol. The summed E-state index contributed by atoms with van der Waals surface area (Å²) in [4.78, 5) is 14.7. The number of nitrogens with one attached hydrogen (secondary N) is 2. The lowest BCUT2D eigenvalue weighted by Gasteiger charge is -2.08. The van der Waals surface area contributed by atoms with Gasteiger partial charge in [0, 0.05) is 23.5 Å². The number of aromatic nitrogens is 1. The van der Waals surface area contributed by atoms with E-state index < -0.39 is 4.92 Å². The molecule has 8 heteroatoms. The Labute approximate surface area is 123 Å². The van der Waals surface area contributed by atoms with Crippen molar-refractivity contribution in [2.45, 2.75) is 0 Å². The number of hydrogen-bond acceptors (Lipinski definition) is 7. The maximum Gasteiger partial charge on any atom is 0.273 e. The Morgan fingerprint density at radius 1 is 1.14 bits per heavy atom. The smallest absolute Gasteiger partial charge is 0.273 e. The van der Waals surface area contributed by atoms with Crippen molar-refractivity contribution in [2.75, 3.05) is 10.7 Å². The molecule has 0 radical (unpaired) electrons. The molecule has 0 saturated carbocycles. The maximum absolute atomic E-state index is 10.9. The second-order valence-electron chi connectivity index (χ2n) is 4.33. The van der Waals surface area contributed by atoms with Crippen LogP contribution in [0, 0.1) is 10.1 Å². The number of nitrogens with two attached hydrogens (primary N) is 1. The van der Waals surface area contributed by atoms with Crippen molar-refractivity contribution in [1.82, 2.24) is 4.98 Å². The van der Waals surface area contributed by atoms with E-state index in [4.69, 9.17) is 5.84 Å². The minimum atomic E-state index is -0.460. The quantitative estimate of drug-likeness (QED) is 0.388. The molecule has 7 nitrogen and oxygen atoms in total. The summed E-state index contributed by atoms with van der Waals surface area (Å²) in [7, 11) is 0. The number of hydrogen-bond donors (Lipinski definition) is 3. The molecule has 0 amide bonds. The number of fused-ring (bicyclic) bond motifs is 1. The Kier molecular flexibility index (Phi) is 3.38. The van der Waals surface area contributed by atoms with E-state index in [0.717, 1.165) is 15.9 Å². The van der Waals surface area contributed by atoms with Gasteiger partial charge in [0.05, 0.1) is 26.3 Å². The van der Waals surface area contributed by atoms with Crippen LogP contribution in [0.1, 0.15) is 0 Å². The summed E-state index contributed by atoms with van der Waals surface area (Å²) >= 11 is 1.54. The average Bonchev–Trinajstić information content (AvgIpc) is 2.94. The Balaban J connectivity index is 1.96. The molecule has 106 valence electrons. The van der Waals surface area contributed by atoms with Crippen molar-refractivity contribution in [2.24, 2.45) is 5.84 Å². The molecular formula is C13H11N5O2S. The SMILES string of the molecule is NNc1cc(Nc2ccc3ncsc3c2)cc([N+](=O)[O-])c1. The monoisotopic (exact) mass is 301 g/mol. The van der Waals surface area contributed by atoms with Crippen LogP contribution in [0.25, 0.3) is 10.2 Å². The van der Waals surface area contributed by atoms with E-state index in [1.54, 1.807) is 11.6 Å². The Morgan fingerprint density at radius 2 is 1.95 bits per heavy atom. The fourth-order valence-corrected chi connectivity index (χ4v) is 2.69. The zero-order valence-electron chi connectivity index (χ0n) is 10.7. The van der Waals surface area contributed by atoms with Crippen molar-refractivity contribution < 1.29 is 4.92 Å². The van der Waals surface area contributed by atoms with E-state index in [-0.39, 0.29) is 5.69 Å². The number of nitrogen functional groups attached to an aromatic ring is 1. The normalized spacial score (nSPS) is 10.5. The molecule has 0 unspecified atom stereocenters. The van der Waals surface area contributed by atoms with Gasteiger partial charge in [-0.25, -0.2) is 4.98 Å². The molecule has 0 atom stereocenters. The van der Waals surface area contributed by atoms with Gasteiger partial charge < -0.3 is 10.7 Å². The minimum absolute atomic E-state index is 0.0354. The Morgan fingerprint density at radius 3 is 2.71 bits per heavy atom. The molecule has 2 aromatic carbocycles. The van der Waals surface area contributed by atoms with Gasteiger partial charge in [-0.1, -0.05) is 0 Å². The van der Waals surface area contributed by atoms with Crippen LogP contribution in [-0.2, 0) is 0 Å². The first kappa shape index (κ1) is 13.3. The standard InChI is InChI=1S/C13H11N5O2S/c14-17-10-3-9(4-11(5-10)18(19)20)16-8-1-2-12-13(6-8)21-7-15-12/h1-7,16-17H,14H2. The number of thiazole rings is 1. The van der Waals surface area contributed by atoms with E-state index in [0.29, 0.717) is 11.4 Å². The first-order valence-electron chi connectivity index (χ1n) is 6.02. The van der Waals surface area contributed by atoms with Crippen molar-refractivity contribution >= 4 is 44.3 Å². The highest BCUT2D eigenvalue weighted by Gasteiger charge is 2.10. The van der Waals surface area contributed by atoms with Gasteiger partial charge >= 0.3 is 0 Å². The number of nitrogens with zero attached hydrogens (tertiary/aromatic N) is 2. The van der Waals surface area contributed by atoms with Crippen LogP contribution in [-0.4, -0.2) is 9.91 Å². The predicted molar refractivity (Wildman–Crippen MR) is 83.8 cm³/mol. The molecule has 4 N–H and O–H groups in total. The molecule has 0 aliphatic heterocycles. The number of benzene rings is 2. The molecule has 0 fully saturated rings. The number of rotatable bonds is 4. The van der Waals surface area contributed by atoms with Crippen molar-refractivity contribution in [3.63, 3.8) is 0 Å². The van der Waals surface area contributed by atoms with Crippen molar-refractivity contribution in [1.29, 1.82) is 0 Å². The van der Waals surface area contributed by atoms with Crippen LogP contribution in [0.3, 0.4) is 0 Å². The number of nitro benzene ring substituents is 1. The first-order chi connectivity index (χ1) is 10.2. The van der Waals surface area contributed by atoms with Gasteiger partial charge in [0.25, 0.3) is 5.69 Å². The molecule has 0 spiro atoms.